The van der Waals surface area contributed by atoms with Crippen LogP contribution in [0.1, 0.15) is 5.76 Å². The molecule has 1 aromatic heterocycles. The van der Waals surface area contributed by atoms with E-state index in [2.05, 4.69) is 21.1 Å². The van der Waals surface area contributed by atoms with E-state index < -0.39 is 0 Å². The number of hydrogen-bond donors (Lipinski definition) is 0. The summed E-state index contributed by atoms with van der Waals surface area (Å²) < 4.78 is 5.94. The Morgan fingerprint density at radius 2 is 1.93 bits per heavy atom. The molecule has 0 saturated heterocycles. The maximum Gasteiger partial charge on any atom is 0.148 e. The molecule has 0 spiro atoms. The van der Waals surface area contributed by atoms with Gasteiger partial charge in [0.05, 0.1) is 4.47 Å². The number of nitrogens with zero attached hydrogens (tertiary/aromatic N) is 1. The SMILES string of the molecule is Cc1onc(-c2ccc(Cl)cc2)c1Br. The summed E-state index contributed by atoms with van der Waals surface area (Å²) in [7, 11) is 0. The summed E-state index contributed by atoms with van der Waals surface area (Å²) in [5.74, 6) is 0.773. The van der Waals surface area contributed by atoms with Gasteiger partial charge in [0.1, 0.15) is 11.5 Å². The van der Waals surface area contributed by atoms with Crippen molar-refractivity contribution < 1.29 is 4.52 Å². The molecular formula is C10H7BrClNO. The van der Waals surface area contributed by atoms with Gasteiger partial charge >= 0.3 is 0 Å². The Hall–Kier alpha value is -0.800. The minimum absolute atomic E-state index is 0.713. The third-order valence-electron chi connectivity index (χ3n) is 1.91. The Bertz CT molecular complexity index is 450. The molecule has 0 amide bonds. The summed E-state index contributed by atoms with van der Waals surface area (Å²) in [4.78, 5) is 0. The predicted octanol–water partition coefficient (Wildman–Crippen LogP) is 4.07. The van der Waals surface area contributed by atoms with Crippen LogP contribution in [-0.2, 0) is 0 Å². The number of rotatable bonds is 1. The fraction of sp³-hybridized carbons (Fsp3) is 0.100. The molecule has 2 nitrogen and oxygen atoms in total. The van der Waals surface area contributed by atoms with Gasteiger partial charge in [-0.2, -0.15) is 0 Å². The summed E-state index contributed by atoms with van der Waals surface area (Å²) in [6.07, 6.45) is 0. The number of aromatic nitrogens is 1. The van der Waals surface area contributed by atoms with Gasteiger partial charge in [0, 0.05) is 10.6 Å². The molecule has 0 saturated carbocycles. The standard InChI is InChI=1S/C10H7BrClNO/c1-6-9(11)10(13-14-6)7-2-4-8(12)5-3-7/h2-5H,1H3. The first-order chi connectivity index (χ1) is 6.68. The molecule has 0 aliphatic heterocycles. The zero-order chi connectivity index (χ0) is 10.1. The minimum Gasteiger partial charge on any atom is -0.360 e. The Labute approximate surface area is 95.0 Å². The lowest BCUT2D eigenvalue weighted by atomic mass is 10.1. The van der Waals surface area contributed by atoms with E-state index in [4.69, 9.17) is 16.1 Å². The molecule has 0 bridgehead atoms. The van der Waals surface area contributed by atoms with Crippen LogP contribution in [0, 0.1) is 6.92 Å². The van der Waals surface area contributed by atoms with E-state index in [0.717, 1.165) is 21.5 Å². The first kappa shape index (κ1) is 9.74. The van der Waals surface area contributed by atoms with Gasteiger partial charge in [0.2, 0.25) is 0 Å². The zero-order valence-corrected chi connectivity index (χ0v) is 9.76. The van der Waals surface area contributed by atoms with Crippen LogP contribution in [-0.4, -0.2) is 5.16 Å². The van der Waals surface area contributed by atoms with Crippen LogP contribution in [0.15, 0.2) is 33.3 Å². The van der Waals surface area contributed by atoms with Crippen LogP contribution in [0.4, 0.5) is 0 Å². The van der Waals surface area contributed by atoms with Crippen molar-refractivity contribution in [3.63, 3.8) is 0 Å². The summed E-state index contributed by atoms with van der Waals surface area (Å²) in [5.41, 5.74) is 1.79. The smallest absolute Gasteiger partial charge is 0.148 e. The van der Waals surface area contributed by atoms with E-state index >= 15 is 0 Å². The molecule has 2 aromatic rings. The van der Waals surface area contributed by atoms with Crippen LogP contribution in [0.2, 0.25) is 5.02 Å². The highest BCUT2D eigenvalue weighted by Crippen LogP contribution is 2.30. The zero-order valence-electron chi connectivity index (χ0n) is 7.42. The van der Waals surface area contributed by atoms with E-state index in [1.807, 2.05) is 31.2 Å². The van der Waals surface area contributed by atoms with E-state index in [1.54, 1.807) is 0 Å². The van der Waals surface area contributed by atoms with Crippen LogP contribution in [0.3, 0.4) is 0 Å². The van der Waals surface area contributed by atoms with Crippen molar-refractivity contribution in [3.8, 4) is 11.3 Å². The maximum atomic E-state index is 5.79. The van der Waals surface area contributed by atoms with Gasteiger partial charge in [-0.05, 0) is 35.0 Å². The number of benzene rings is 1. The molecule has 0 unspecified atom stereocenters. The predicted molar refractivity (Wildman–Crippen MR) is 59.4 cm³/mol. The molecular weight excluding hydrogens is 265 g/mol. The Kier molecular flexibility index (Phi) is 2.61. The topological polar surface area (TPSA) is 26.0 Å². The quantitative estimate of drug-likeness (QED) is 0.782. The van der Waals surface area contributed by atoms with Gasteiger partial charge in [-0.25, -0.2) is 0 Å². The van der Waals surface area contributed by atoms with E-state index in [0.29, 0.717) is 5.02 Å². The van der Waals surface area contributed by atoms with Gasteiger partial charge < -0.3 is 4.52 Å². The molecule has 0 aliphatic rings. The van der Waals surface area contributed by atoms with Crippen molar-refractivity contribution in [3.05, 3.63) is 39.5 Å². The monoisotopic (exact) mass is 271 g/mol. The van der Waals surface area contributed by atoms with Crippen molar-refractivity contribution >= 4 is 27.5 Å². The Balaban J connectivity index is 2.49. The molecule has 0 radical (unpaired) electrons. The lowest BCUT2D eigenvalue weighted by Gasteiger charge is -1.96. The van der Waals surface area contributed by atoms with Gasteiger partial charge in [-0.15, -0.1) is 0 Å². The molecule has 0 atom stereocenters. The average Bonchev–Trinajstić information content (AvgIpc) is 2.50. The molecule has 0 N–H and O–H groups in total. The van der Waals surface area contributed by atoms with Crippen molar-refractivity contribution in [2.45, 2.75) is 6.92 Å². The van der Waals surface area contributed by atoms with Crippen LogP contribution >= 0.6 is 27.5 Å². The summed E-state index contributed by atoms with van der Waals surface area (Å²) >= 11 is 9.20. The fourth-order valence-corrected chi connectivity index (χ4v) is 1.65. The number of aryl methyl sites for hydroxylation is 1. The van der Waals surface area contributed by atoms with E-state index in [-0.39, 0.29) is 0 Å². The Morgan fingerprint density at radius 3 is 2.43 bits per heavy atom. The molecule has 2 rings (SSSR count). The van der Waals surface area contributed by atoms with Gasteiger partial charge in [0.25, 0.3) is 0 Å². The Morgan fingerprint density at radius 1 is 1.29 bits per heavy atom. The highest BCUT2D eigenvalue weighted by atomic mass is 79.9. The van der Waals surface area contributed by atoms with Crippen molar-refractivity contribution in [2.75, 3.05) is 0 Å². The normalized spacial score (nSPS) is 10.5. The summed E-state index contributed by atoms with van der Waals surface area (Å²) in [5, 5.41) is 4.66. The molecule has 14 heavy (non-hydrogen) atoms. The van der Waals surface area contributed by atoms with Crippen molar-refractivity contribution in [1.29, 1.82) is 0 Å². The third-order valence-corrected chi connectivity index (χ3v) is 3.09. The van der Waals surface area contributed by atoms with Crippen molar-refractivity contribution in [1.82, 2.24) is 5.16 Å². The second-order valence-electron chi connectivity index (χ2n) is 2.91. The lowest BCUT2D eigenvalue weighted by Crippen LogP contribution is -1.77. The fourth-order valence-electron chi connectivity index (χ4n) is 1.15. The molecule has 1 heterocycles. The van der Waals surface area contributed by atoms with Crippen LogP contribution < -0.4 is 0 Å². The molecule has 0 aliphatic carbocycles. The largest absolute Gasteiger partial charge is 0.360 e. The highest BCUT2D eigenvalue weighted by Gasteiger charge is 2.11. The third kappa shape index (κ3) is 1.70. The molecule has 0 fully saturated rings. The average molecular weight is 273 g/mol. The number of hydrogen-bond acceptors (Lipinski definition) is 2. The first-order valence-electron chi connectivity index (χ1n) is 4.06. The number of halogens is 2. The van der Waals surface area contributed by atoms with Gasteiger partial charge in [-0.1, -0.05) is 28.9 Å². The summed E-state index contributed by atoms with van der Waals surface area (Å²) in [6, 6.07) is 7.47. The van der Waals surface area contributed by atoms with Crippen LogP contribution in [0.25, 0.3) is 11.3 Å². The lowest BCUT2D eigenvalue weighted by molar-refractivity contribution is 0.399. The first-order valence-corrected chi connectivity index (χ1v) is 5.23. The van der Waals surface area contributed by atoms with Crippen molar-refractivity contribution in [2.24, 2.45) is 0 Å². The van der Waals surface area contributed by atoms with E-state index in [9.17, 15) is 0 Å². The maximum absolute atomic E-state index is 5.79. The minimum atomic E-state index is 0.713. The highest BCUT2D eigenvalue weighted by molar-refractivity contribution is 9.10. The second-order valence-corrected chi connectivity index (χ2v) is 4.14. The van der Waals surface area contributed by atoms with Gasteiger partial charge in [-0.3, -0.25) is 0 Å². The van der Waals surface area contributed by atoms with Crippen LogP contribution in [0.5, 0.6) is 0 Å². The molecule has 72 valence electrons. The van der Waals surface area contributed by atoms with E-state index in [1.165, 1.54) is 0 Å². The van der Waals surface area contributed by atoms with Gasteiger partial charge in [0.15, 0.2) is 0 Å². The second kappa shape index (κ2) is 3.75. The summed E-state index contributed by atoms with van der Waals surface area (Å²) in [6.45, 7) is 1.86. The molecule has 4 heteroatoms. The molecule has 1 aromatic carbocycles.